The molecule has 0 aliphatic heterocycles. The van der Waals surface area contributed by atoms with Gasteiger partial charge < -0.3 is 10.1 Å². The number of aryl methyl sites for hydroxylation is 3. The molecule has 0 aliphatic rings. The Morgan fingerprint density at radius 2 is 1.71 bits per heavy atom. The summed E-state index contributed by atoms with van der Waals surface area (Å²) in [7, 11) is -0.690. The molecule has 0 saturated heterocycles. The normalized spacial score (nSPS) is 11.4. The number of anilines is 2. The third-order valence-electron chi connectivity index (χ3n) is 5.74. The van der Waals surface area contributed by atoms with Crippen molar-refractivity contribution in [3.63, 3.8) is 0 Å². The van der Waals surface area contributed by atoms with Crippen molar-refractivity contribution in [2.24, 2.45) is 0 Å². The topological polar surface area (TPSA) is 75.7 Å². The van der Waals surface area contributed by atoms with Gasteiger partial charge in [0.05, 0.1) is 22.6 Å². The van der Waals surface area contributed by atoms with Crippen LogP contribution in [0.25, 0.3) is 10.1 Å². The molecule has 1 N–H and O–H groups in total. The van der Waals surface area contributed by atoms with Gasteiger partial charge in [0, 0.05) is 17.4 Å². The Hall–Kier alpha value is -3.36. The molecule has 0 fully saturated rings. The van der Waals surface area contributed by atoms with Gasteiger partial charge in [-0.3, -0.25) is 9.10 Å². The standard InChI is InChI=1S/C26H26N2O4S2/c1-16-6-9-22(17(2)12-16)27-26(29)25-15-19-14-20(7-11-24(19)33-25)28(4)34(30,31)21-8-10-23(32-5)18(3)13-21/h6-15H,1-5H3,(H,27,29). The molecule has 0 saturated carbocycles. The van der Waals surface area contributed by atoms with Crippen LogP contribution in [0.2, 0.25) is 0 Å². The minimum absolute atomic E-state index is 0.187. The lowest BCUT2D eigenvalue weighted by atomic mass is 10.1. The van der Waals surface area contributed by atoms with E-state index in [-0.39, 0.29) is 10.8 Å². The van der Waals surface area contributed by atoms with Crippen molar-refractivity contribution in [3.8, 4) is 5.75 Å². The second kappa shape index (κ2) is 9.12. The summed E-state index contributed by atoms with van der Waals surface area (Å²) in [6.45, 7) is 5.77. The number of benzene rings is 3. The molecule has 176 valence electrons. The summed E-state index contributed by atoms with van der Waals surface area (Å²) in [6, 6.07) is 17.8. The zero-order chi connectivity index (χ0) is 24.6. The first-order valence-electron chi connectivity index (χ1n) is 10.7. The zero-order valence-corrected chi connectivity index (χ0v) is 21.3. The monoisotopic (exact) mass is 494 g/mol. The van der Waals surface area contributed by atoms with Crippen molar-refractivity contribution in [2.75, 3.05) is 23.8 Å². The predicted octanol–water partition coefficient (Wildman–Crippen LogP) is 5.91. The Bertz CT molecular complexity index is 1510. The molecule has 8 heteroatoms. The summed E-state index contributed by atoms with van der Waals surface area (Å²) >= 11 is 1.37. The van der Waals surface area contributed by atoms with Gasteiger partial charge in [-0.25, -0.2) is 8.42 Å². The number of methoxy groups -OCH3 is 1. The number of carbonyl (C=O) groups is 1. The lowest BCUT2D eigenvalue weighted by Crippen LogP contribution is -2.26. The summed E-state index contributed by atoms with van der Waals surface area (Å²) in [5, 5.41) is 3.77. The van der Waals surface area contributed by atoms with Gasteiger partial charge in [0.15, 0.2) is 0 Å². The minimum Gasteiger partial charge on any atom is -0.496 e. The average Bonchev–Trinajstić information content (AvgIpc) is 3.24. The van der Waals surface area contributed by atoms with E-state index in [1.165, 1.54) is 28.8 Å². The number of hydrogen-bond acceptors (Lipinski definition) is 5. The van der Waals surface area contributed by atoms with Gasteiger partial charge >= 0.3 is 0 Å². The molecule has 1 heterocycles. The van der Waals surface area contributed by atoms with Gasteiger partial charge in [-0.2, -0.15) is 0 Å². The molecule has 0 aliphatic carbocycles. The van der Waals surface area contributed by atoms with Crippen LogP contribution in [0.4, 0.5) is 11.4 Å². The first-order chi connectivity index (χ1) is 16.1. The van der Waals surface area contributed by atoms with Crippen LogP contribution in [0.5, 0.6) is 5.75 Å². The van der Waals surface area contributed by atoms with Crippen LogP contribution in [0.15, 0.2) is 65.6 Å². The van der Waals surface area contributed by atoms with Crippen LogP contribution >= 0.6 is 11.3 Å². The van der Waals surface area contributed by atoms with Crippen LogP contribution in [0.1, 0.15) is 26.4 Å². The van der Waals surface area contributed by atoms with E-state index in [2.05, 4.69) is 5.32 Å². The summed E-state index contributed by atoms with van der Waals surface area (Å²) in [5.74, 6) is 0.442. The molecule has 34 heavy (non-hydrogen) atoms. The smallest absolute Gasteiger partial charge is 0.265 e. The Balaban J connectivity index is 1.61. The molecule has 1 amide bonds. The molecule has 4 aromatic rings. The van der Waals surface area contributed by atoms with Crippen LogP contribution in [-0.2, 0) is 10.0 Å². The second-order valence-corrected chi connectivity index (χ2v) is 11.3. The van der Waals surface area contributed by atoms with E-state index >= 15 is 0 Å². The number of fused-ring (bicyclic) bond motifs is 1. The maximum Gasteiger partial charge on any atom is 0.265 e. The molecule has 4 rings (SSSR count). The number of thiophene rings is 1. The first kappa shape index (κ1) is 23.8. The molecule has 0 bridgehead atoms. The predicted molar refractivity (Wildman–Crippen MR) is 139 cm³/mol. The van der Waals surface area contributed by atoms with E-state index in [0.717, 1.165) is 32.5 Å². The number of amides is 1. The van der Waals surface area contributed by atoms with Crippen LogP contribution in [0, 0.1) is 20.8 Å². The summed E-state index contributed by atoms with van der Waals surface area (Å²) < 4.78 is 33.8. The van der Waals surface area contributed by atoms with Gasteiger partial charge in [-0.1, -0.05) is 17.7 Å². The highest BCUT2D eigenvalue weighted by molar-refractivity contribution is 7.92. The number of rotatable bonds is 6. The van der Waals surface area contributed by atoms with Gasteiger partial charge in [0.1, 0.15) is 5.75 Å². The van der Waals surface area contributed by atoms with E-state index in [1.807, 2.05) is 38.1 Å². The maximum atomic E-state index is 13.2. The van der Waals surface area contributed by atoms with Crippen molar-refractivity contribution in [1.29, 1.82) is 0 Å². The van der Waals surface area contributed by atoms with E-state index in [4.69, 9.17) is 4.74 Å². The Morgan fingerprint density at radius 1 is 0.941 bits per heavy atom. The quantitative estimate of drug-likeness (QED) is 0.361. The SMILES string of the molecule is COc1ccc(S(=O)(=O)N(C)c2ccc3sc(C(=O)Nc4ccc(C)cc4C)cc3c2)cc1C. The highest BCUT2D eigenvalue weighted by Crippen LogP contribution is 2.32. The van der Waals surface area contributed by atoms with Gasteiger partial charge in [-0.05, 0) is 85.8 Å². The van der Waals surface area contributed by atoms with Crippen molar-refractivity contribution in [2.45, 2.75) is 25.7 Å². The number of nitrogens with zero attached hydrogens (tertiary/aromatic N) is 1. The average molecular weight is 495 g/mol. The molecule has 0 atom stereocenters. The number of ether oxygens (including phenoxy) is 1. The van der Waals surface area contributed by atoms with E-state index in [1.54, 1.807) is 44.4 Å². The molecule has 1 aromatic heterocycles. The van der Waals surface area contributed by atoms with Gasteiger partial charge in [0.25, 0.3) is 15.9 Å². The van der Waals surface area contributed by atoms with Crippen molar-refractivity contribution in [1.82, 2.24) is 0 Å². The third-order valence-corrected chi connectivity index (χ3v) is 8.64. The van der Waals surface area contributed by atoms with E-state index in [0.29, 0.717) is 16.3 Å². The van der Waals surface area contributed by atoms with Crippen LogP contribution in [-0.4, -0.2) is 28.5 Å². The minimum atomic E-state index is -3.76. The number of nitrogens with one attached hydrogen (secondary N) is 1. The molecule has 3 aromatic carbocycles. The number of carbonyl (C=O) groups excluding carboxylic acids is 1. The van der Waals surface area contributed by atoms with Crippen molar-refractivity contribution < 1.29 is 17.9 Å². The molecule has 6 nitrogen and oxygen atoms in total. The molecular weight excluding hydrogens is 468 g/mol. The van der Waals surface area contributed by atoms with Crippen LogP contribution < -0.4 is 14.4 Å². The highest BCUT2D eigenvalue weighted by atomic mass is 32.2. The Labute approximate surface area is 203 Å². The summed E-state index contributed by atoms with van der Waals surface area (Å²) in [6.07, 6.45) is 0. The zero-order valence-electron chi connectivity index (χ0n) is 19.7. The third kappa shape index (κ3) is 4.51. The lowest BCUT2D eigenvalue weighted by Gasteiger charge is -2.20. The van der Waals surface area contributed by atoms with Crippen molar-refractivity contribution >= 4 is 48.7 Å². The molecular formula is C26H26N2O4S2. The van der Waals surface area contributed by atoms with Gasteiger partial charge in [-0.15, -0.1) is 11.3 Å². The molecule has 0 radical (unpaired) electrons. The van der Waals surface area contributed by atoms with Crippen LogP contribution in [0.3, 0.4) is 0 Å². The Kier molecular flexibility index (Phi) is 6.38. The maximum absolute atomic E-state index is 13.2. The van der Waals surface area contributed by atoms with Gasteiger partial charge in [0.2, 0.25) is 0 Å². The fourth-order valence-corrected chi connectivity index (χ4v) is 6.00. The molecule has 0 unspecified atom stereocenters. The van der Waals surface area contributed by atoms with E-state index in [9.17, 15) is 13.2 Å². The fourth-order valence-electron chi connectivity index (χ4n) is 3.78. The molecule has 0 spiro atoms. The summed E-state index contributed by atoms with van der Waals surface area (Å²) in [5.41, 5.74) is 4.16. The fraction of sp³-hybridized carbons (Fsp3) is 0.192. The largest absolute Gasteiger partial charge is 0.496 e. The second-order valence-electron chi connectivity index (χ2n) is 8.21. The number of hydrogen-bond donors (Lipinski definition) is 1. The van der Waals surface area contributed by atoms with Crippen molar-refractivity contribution in [3.05, 3.63) is 82.2 Å². The highest BCUT2D eigenvalue weighted by Gasteiger charge is 2.23. The first-order valence-corrected chi connectivity index (χ1v) is 12.9. The lowest BCUT2D eigenvalue weighted by molar-refractivity contribution is 0.103. The van der Waals surface area contributed by atoms with E-state index < -0.39 is 10.0 Å². The number of sulfonamides is 1. The Morgan fingerprint density at radius 3 is 2.38 bits per heavy atom. The summed E-state index contributed by atoms with van der Waals surface area (Å²) in [4.78, 5) is 13.6.